The maximum atomic E-state index is 13.9. The Labute approximate surface area is 145 Å². The van der Waals surface area contributed by atoms with Crippen LogP contribution in [-0.4, -0.2) is 30.4 Å². The van der Waals surface area contributed by atoms with E-state index in [0.29, 0.717) is 24.1 Å². The number of nitrogens with zero attached hydrogens (tertiary/aromatic N) is 2. The minimum absolute atomic E-state index is 0.155. The number of hydrogen-bond acceptors (Lipinski definition) is 6. The molecule has 6 nitrogen and oxygen atoms in total. The Balaban J connectivity index is 1.44. The van der Waals surface area contributed by atoms with Crippen LogP contribution in [-0.2, 0) is 11.2 Å². The molecule has 3 atom stereocenters. The molecule has 1 fully saturated rings. The molecule has 1 aliphatic heterocycles. The quantitative estimate of drug-likeness (QED) is 0.897. The predicted molar refractivity (Wildman–Crippen MR) is 87.9 cm³/mol. The van der Waals surface area contributed by atoms with E-state index in [1.165, 1.54) is 7.11 Å². The number of aromatic nitrogens is 2. The Morgan fingerprint density at radius 1 is 1.36 bits per heavy atom. The average Bonchev–Trinajstić information content (AvgIpc) is 3.31. The number of ether oxygens (including phenoxy) is 2. The second-order valence-corrected chi connectivity index (χ2v) is 6.71. The molecule has 2 aromatic rings. The molecule has 25 heavy (non-hydrogen) atoms. The molecule has 0 bridgehead atoms. The van der Waals surface area contributed by atoms with E-state index in [0.717, 1.165) is 36.9 Å². The highest BCUT2D eigenvalue weighted by Gasteiger charge is 2.35. The van der Waals surface area contributed by atoms with Crippen molar-refractivity contribution in [3.8, 4) is 5.75 Å². The molecule has 2 aliphatic rings. The van der Waals surface area contributed by atoms with Crippen molar-refractivity contribution in [3.05, 3.63) is 40.8 Å². The zero-order chi connectivity index (χ0) is 17.4. The summed E-state index contributed by atoms with van der Waals surface area (Å²) < 4.78 is 30.1. The SMILES string of the molecule is COc1cc2c(cc1F)CCC2NC[C@@H]1CCO[C@@H]1c1nc(C)no1. The van der Waals surface area contributed by atoms with E-state index in [1.54, 1.807) is 13.0 Å². The highest BCUT2D eigenvalue weighted by Crippen LogP contribution is 2.37. The molecular weight excluding hydrogens is 325 g/mol. The summed E-state index contributed by atoms with van der Waals surface area (Å²) in [6, 6.07) is 3.62. The molecule has 0 saturated carbocycles. The molecule has 134 valence electrons. The van der Waals surface area contributed by atoms with Gasteiger partial charge in [-0.25, -0.2) is 4.39 Å². The predicted octanol–water partition coefficient (Wildman–Crippen LogP) is 2.88. The van der Waals surface area contributed by atoms with Crippen LogP contribution in [0.25, 0.3) is 0 Å². The van der Waals surface area contributed by atoms with E-state index < -0.39 is 0 Å². The fraction of sp³-hybridized carbons (Fsp3) is 0.556. The van der Waals surface area contributed by atoms with E-state index >= 15 is 0 Å². The maximum Gasteiger partial charge on any atom is 0.256 e. The second kappa shape index (κ2) is 6.72. The lowest BCUT2D eigenvalue weighted by Gasteiger charge is -2.20. The van der Waals surface area contributed by atoms with Crippen molar-refractivity contribution in [2.24, 2.45) is 5.92 Å². The average molecular weight is 347 g/mol. The summed E-state index contributed by atoms with van der Waals surface area (Å²) in [5.41, 5.74) is 2.19. The number of rotatable bonds is 5. The standard InChI is InChI=1S/C18H22FN3O3/c1-10-21-18(25-22-10)17-12(5-6-24-17)9-20-15-4-3-11-7-14(19)16(23-2)8-13(11)15/h7-8,12,15,17,20H,3-6,9H2,1-2H3/t12-,15?,17-/m0/s1. The van der Waals surface area contributed by atoms with Crippen LogP contribution < -0.4 is 10.1 Å². The first-order valence-electron chi connectivity index (χ1n) is 8.67. The summed E-state index contributed by atoms with van der Waals surface area (Å²) in [6.45, 7) is 3.28. The summed E-state index contributed by atoms with van der Waals surface area (Å²) >= 11 is 0. The summed E-state index contributed by atoms with van der Waals surface area (Å²) in [5.74, 6) is 1.47. The van der Waals surface area contributed by atoms with Crippen molar-refractivity contribution in [1.82, 2.24) is 15.5 Å². The highest BCUT2D eigenvalue weighted by atomic mass is 19.1. The molecule has 7 heteroatoms. The minimum atomic E-state index is -0.294. The lowest BCUT2D eigenvalue weighted by atomic mass is 10.00. The van der Waals surface area contributed by atoms with E-state index in [4.69, 9.17) is 14.0 Å². The first kappa shape index (κ1) is 16.5. The number of methoxy groups -OCH3 is 1. The van der Waals surface area contributed by atoms with Crippen molar-refractivity contribution < 1.29 is 18.4 Å². The smallest absolute Gasteiger partial charge is 0.256 e. The van der Waals surface area contributed by atoms with Gasteiger partial charge in [0.15, 0.2) is 17.4 Å². The molecule has 1 N–H and O–H groups in total. The number of benzene rings is 1. The maximum absolute atomic E-state index is 13.9. The van der Waals surface area contributed by atoms with Gasteiger partial charge in [-0.1, -0.05) is 5.16 Å². The van der Waals surface area contributed by atoms with Crippen LogP contribution >= 0.6 is 0 Å². The number of nitrogens with one attached hydrogen (secondary N) is 1. The Morgan fingerprint density at radius 2 is 2.24 bits per heavy atom. The molecule has 0 spiro atoms. The van der Waals surface area contributed by atoms with E-state index in [2.05, 4.69) is 15.5 Å². The minimum Gasteiger partial charge on any atom is -0.494 e. The first-order chi connectivity index (χ1) is 12.2. The summed E-state index contributed by atoms with van der Waals surface area (Å²) in [7, 11) is 1.50. The van der Waals surface area contributed by atoms with Crippen molar-refractivity contribution >= 4 is 0 Å². The van der Waals surface area contributed by atoms with E-state index in [-0.39, 0.29) is 23.9 Å². The molecule has 1 saturated heterocycles. The molecular formula is C18H22FN3O3. The molecule has 1 unspecified atom stereocenters. The van der Waals surface area contributed by atoms with Crippen LogP contribution in [0.3, 0.4) is 0 Å². The van der Waals surface area contributed by atoms with Gasteiger partial charge in [0.2, 0.25) is 0 Å². The third-order valence-electron chi connectivity index (χ3n) is 5.12. The summed E-state index contributed by atoms with van der Waals surface area (Å²) in [5, 5.41) is 7.46. The molecule has 0 amide bonds. The van der Waals surface area contributed by atoms with Crippen molar-refractivity contribution in [3.63, 3.8) is 0 Å². The Bertz CT molecular complexity index is 764. The van der Waals surface area contributed by atoms with Crippen LogP contribution in [0.4, 0.5) is 4.39 Å². The lowest BCUT2D eigenvalue weighted by Crippen LogP contribution is -2.28. The zero-order valence-electron chi connectivity index (χ0n) is 14.4. The van der Waals surface area contributed by atoms with Gasteiger partial charge in [-0.2, -0.15) is 4.98 Å². The van der Waals surface area contributed by atoms with Crippen molar-refractivity contribution in [1.29, 1.82) is 0 Å². The molecule has 1 aromatic heterocycles. The van der Waals surface area contributed by atoms with Gasteiger partial charge in [-0.3, -0.25) is 0 Å². The molecule has 4 rings (SSSR count). The van der Waals surface area contributed by atoms with Gasteiger partial charge >= 0.3 is 0 Å². The third kappa shape index (κ3) is 3.14. The fourth-order valence-corrected chi connectivity index (χ4v) is 3.81. The van der Waals surface area contributed by atoms with E-state index in [9.17, 15) is 4.39 Å². The first-order valence-corrected chi connectivity index (χ1v) is 8.67. The summed E-state index contributed by atoms with van der Waals surface area (Å²) in [4.78, 5) is 4.30. The van der Waals surface area contributed by atoms with Gasteiger partial charge < -0.3 is 19.3 Å². The van der Waals surface area contributed by atoms with Gasteiger partial charge in [0.1, 0.15) is 6.10 Å². The van der Waals surface area contributed by atoms with Gasteiger partial charge in [0.05, 0.1) is 7.11 Å². The number of fused-ring (bicyclic) bond motifs is 1. The van der Waals surface area contributed by atoms with Crippen LogP contribution in [0.1, 0.15) is 47.8 Å². The third-order valence-corrected chi connectivity index (χ3v) is 5.12. The lowest BCUT2D eigenvalue weighted by molar-refractivity contribution is 0.0618. The molecule has 1 aromatic carbocycles. The van der Waals surface area contributed by atoms with Crippen LogP contribution in [0, 0.1) is 18.7 Å². The summed E-state index contributed by atoms with van der Waals surface area (Å²) in [6.07, 6.45) is 2.63. The monoisotopic (exact) mass is 347 g/mol. The fourth-order valence-electron chi connectivity index (χ4n) is 3.81. The van der Waals surface area contributed by atoms with Crippen molar-refractivity contribution in [2.75, 3.05) is 20.3 Å². The van der Waals surface area contributed by atoms with Crippen LogP contribution in [0.5, 0.6) is 5.75 Å². The van der Waals surface area contributed by atoms with Crippen LogP contribution in [0.2, 0.25) is 0 Å². The normalized spacial score (nSPS) is 25.3. The number of aryl methyl sites for hydroxylation is 2. The molecule has 0 radical (unpaired) electrons. The number of halogens is 1. The Hall–Kier alpha value is -1.99. The highest BCUT2D eigenvalue weighted by molar-refractivity contribution is 5.41. The molecule has 2 heterocycles. The number of hydrogen-bond donors (Lipinski definition) is 1. The van der Waals surface area contributed by atoms with Gasteiger partial charge in [0, 0.05) is 25.1 Å². The second-order valence-electron chi connectivity index (χ2n) is 6.71. The van der Waals surface area contributed by atoms with Gasteiger partial charge in [-0.15, -0.1) is 0 Å². The van der Waals surface area contributed by atoms with Crippen LogP contribution in [0.15, 0.2) is 16.7 Å². The Kier molecular flexibility index (Phi) is 4.43. The van der Waals surface area contributed by atoms with Crippen molar-refractivity contribution in [2.45, 2.75) is 38.3 Å². The largest absolute Gasteiger partial charge is 0.494 e. The van der Waals surface area contributed by atoms with Gasteiger partial charge in [-0.05, 0) is 49.4 Å². The van der Waals surface area contributed by atoms with E-state index in [1.807, 2.05) is 6.07 Å². The van der Waals surface area contributed by atoms with Gasteiger partial charge in [0.25, 0.3) is 5.89 Å². The molecule has 1 aliphatic carbocycles. The zero-order valence-corrected chi connectivity index (χ0v) is 14.4. The topological polar surface area (TPSA) is 69.4 Å². The Morgan fingerprint density at radius 3 is 3.00 bits per heavy atom.